The van der Waals surface area contributed by atoms with E-state index in [9.17, 15) is 9.59 Å². The van der Waals surface area contributed by atoms with Crippen LogP contribution in [-0.2, 0) is 11.3 Å². The van der Waals surface area contributed by atoms with E-state index < -0.39 is 0 Å². The molecule has 0 aromatic heterocycles. The number of likely N-dealkylation sites (tertiary alicyclic amines) is 1. The van der Waals surface area contributed by atoms with E-state index in [-0.39, 0.29) is 11.8 Å². The molecule has 1 aliphatic heterocycles. The van der Waals surface area contributed by atoms with Gasteiger partial charge in [0, 0.05) is 52.3 Å². The second kappa shape index (κ2) is 11.3. The van der Waals surface area contributed by atoms with Crippen molar-refractivity contribution in [3.8, 4) is 0 Å². The molecule has 1 heterocycles. The van der Waals surface area contributed by atoms with Crippen LogP contribution in [0.15, 0.2) is 29.3 Å². The first kappa shape index (κ1) is 21.7. The Hall–Kier alpha value is -2.57. The summed E-state index contributed by atoms with van der Waals surface area (Å²) in [5, 5.41) is 9.00. The van der Waals surface area contributed by atoms with E-state index in [0.717, 1.165) is 43.9 Å². The average molecular weight is 388 g/mol. The minimum atomic E-state index is -0.0359. The fraction of sp³-hybridized carbons (Fsp3) is 0.571. The molecule has 0 radical (unpaired) electrons. The van der Waals surface area contributed by atoms with Crippen LogP contribution in [-0.4, -0.2) is 56.4 Å². The van der Waals surface area contributed by atoms with Gasteiger partial charge in [-0.1, -0.05) is 19.1 Å². The highest BCUT2D eigenvalue weighted by Crippen LogP contribution is 2.20. The summed E-state index contributed by atoms with van der Waals surface area (Å²) in [6.07, 6.45) is 3.49. The van der Waals surface area contributed by atoms with Crippen molar-refractivity contribution in [3.63, 3.8) is 0 Å². The Morgan fingerprint density at radius 2 is 1.96 bits per heavy atom. The molecule has 1 aromatic carbocycles. The maximum absolute atomic E-state index is 12.1. The van der Waals surface area contributed by atoms with Crippen molar-refractivity contribution in [1.82, 2.24) is 20.9 Å². The maximum atomic E-state index is 12.1. The molecule has 2 amide bonds. The van der Waals surface area contributed by atoms with Crippen molar-refractivity contribution in [3.05, 3.63) is 35.4 Å². The van der Waals surface area contributed by atoms with Crippen molar-refractivity contribution in [2.24, 2.45) is 10.9 Å². The fourth-order valence-corrected chi connectivity index (χ4v) is 3.39. The molecule has 0 atom stereocenters. The van der Waals surface area contributed by atoms with Crippen LogP contribution in [0.25, 0.3) is 0 Å². The van der Waals surface area contributed by atoms with Crippen LogP contribution in [0.4, 0.5) is 0 Å². The highest BCUT2D eigenvalue weighted by molar-refractivity contribution is 5.94. The topological polar surface area (TPSA) is 85.8 Å². The van der Waals surface area contributed by atoms with Crippen LogP contribution in [0.1, 0.15) is 48.5 Å². The van der Waals surface area contributed by atoms with Crippen molar-refractivity contribution < 1.29 is 9.59 Å². The van der Waals surface area contributed by atoms with Gasteiger partial charge in [0.25, 0.3) is 5.91 Å². The van der Waals surface area contributed by atoms with Gasteiger partial charge < -0.3 is 20.9 Å². The molecule has 7 nitrogen and oxygen atoms in total. The second-order valence-electron chi connectivity index (χ2n) is 7.16. The van der Waals surface area contributed by atoms with Crippen LogP contribution >= 0.6 is 0 Å². The number of hydrogen-bond donors (Lipinski definition) is 3. The molecule has 1 aromatic rings. The highest BCUT2D eigenvalue weighted by Gasteiger charge is 2.23. The maximum Gasteiger partial charge on any atom is 0.251 e. The van der Waals surface area contributed by atoms with Gasteiger partial charge in [0.2, 0.25) is 5.91 Å². The number of nitrogens with zero attached hydrogens (tertiary/aromatic N) is 2. The van der Waals surface area contributed by atoms with Crippen LogP contribution in [0.3, 0.4) is 0 Å². The Bertz CT molecular complexity index is 681. The number of aliphatic imine (C=N–C) groups is 1. The SMILES string of the molecule is CCCNC(=O)c1cccc(CNC(=NC)N2CCC(CC(=O)NC)CC2)c1. The normalized spacial score (nSPS) is 15.2. The molecule has 28 heavy (non-hydrogen) atoms. The van der Waals surface area contributed by atoms with Gasteiger partial charge in [0.05, 0.1) is 0 Å². The van der Waals surface area contributed by atoms with Crippen LogP contribution in [0.2, 0.25) is 0 Å². The lowest BCUT2D eigenvalue weighted by Crippen LogP contribution is -2.45. The van der Waals surface area contributed by atoms with E-state index in [1.54, 1.807) is 14.1 Å². The third-order valence-corrected chi connectivity index (χ3v) is 5.05. The number of nitrogens with one attached hydrogen (secondary N) is 3. The Balaban J connectivity index is 1.86. The average Bonchev–Trinajstić information content (AvgIpc) is 2.73. The minimum Gasteiger partial charge on any atom is -0.359 e. The number of guanidine groups is 1. The summed E-state index contributed by atoms with van der Waals surface area (Å²) in [5.74, 6) is 1.38. The molecular weight excluding hydrogens is 354 g/mol. The van der Waals surface area contributed by atoms with Crippen LogP contribution < -0.4 is 16.0 Å². The van der Waals surface area contributed by atoms with Gasteiger partial charge in [-0.2, -0.15) is 0 Å². The predicted molar refractivity (Wildman–Crippen MR) is 112 cm³/mol. The zero-order valence-electron chi connectivity index (χ0n) is 17.3. The molecular formula is C21H33N5O2. The summed E-state index contributed by atoms with van der Waals surface area (Å²) in [7, 11) is 3.47. The molecule has 154 valence electrons. The smallest absolute Gasteiger partial charge is 0.251 e. The summed E-state index contributed by atoms with van der Waals surface area (Å²) >= 11 is 0. The van der Waals surface area contributed by atoms with Gasteiger partial charge in [-0.05, 0) is 42.9 Å². The summed E-state index contributed by atoms with van der Waals surface area (Å²) in [4.78, 5) is 30.3. The summed E-state index contributed by atoms with van der Waals surface area (Å²) < 4.78 is 0. The highest BCUT2D eigenvalue weighted by atomic mass is 16.2. The van der Waals surface area contributed by atoms with Gasteiger partial charge in [-0.25, -0.2) is 0 Å². The van der Waals surface area contributed by atoms with Crippen LogP contribution in [0.5, 0.6) is 0 Å². The molecule has 1 fully saturated rings. The molecule has 3 N–H and O–H groups in total. The van der Waals surface area contributed by atoms with Crippen molar-refractivity contribution in [2.45, 2.75) is 39.2 Å². The number of carbonyl (C=O) groups excluding carboxylic acids is 2. The lowest BCUT2D eigenvalue weighted by molar-refractivity contribution is -0.121. The molecule has 7 heteroatoms. The zero-order chi connectivity index (χ0) is 20.4. The summed E-state index contributed by atoms with van der Waals surface area (Å²) in [6.45, 7) is 5.11. The van der Waals surface area contributed by atoms with Crippen LogP contribution in [0, 0.1) is 5.92 Å². The molecule has 0 unspecified atom stereocenters. The molecule has 1 aliphatic rings. The molecule has 1 saturated heterocycles. The van der Waals surface area contributed by atoms with E-state index in [2.05, 4.69) is 25.8 Å². The molecule has 0 spiro atoms. The largest absolute Gasteiger partial charge is 0.359 e. The Morgan fingerprint density at radius 3 is 2.61 bits per heavy atom. The summed E-state index contributed by atoms with van der Waals surface area (Å²) in [5.41, 5.74) is 1.72. The first-order valence-electron chi connectivity index (χ1n) is 10.1. The number of piperidine rings is 1. The third kappa shape index (κ3) is 6.55. The monoisotopic (exact) mass is 387 g/mol. The quantitative estimate of drug-likeness (QED) is 0.491. The van der Waals surface area contributed by atoms with Gasteiger partial charge >= 0.3 is 0 Å². The second-order valence-corrected chi connectivity index (χ2v) is 7.16. The lowest BCUT2D eigenvalue weighted by atomic mass is 9.93. The number of rotatable bonds is 7. The van der Waals surface area contributed by atoms with E-state index in [1.165, 1.54) is 0 Å². The van der Waals surface area contributed by atoms with Gasteiger partial charge in [-0.15, -0.1) is 0 Å². The number of benzene rings is 1. The first-order valence-corrected chi connectivity index (χ1v) is 10.1. The molecule has 0 bridgehead atoms. The van der Waals surface area contributed by atoms with Gasteiger partial charge in [0.1, 0.15) is 0 Å². The zero-order valence-corrected chi connectivity index (χ0v) is 17.3. The molecule has 0 saturated carbocycles. The summed E-state index contributed by atoms with van der Waals surface area (Å²) in [6, 6.07) is 7.67. The van der Waals surface area contributed by atoms with Crippen molar-refractivity contribution in [2.75, 3.05) is 33.7 Å². The van der Waals surface area contributed by atoms with E-state index in [1.807, 2.05) is 31.2 Å². The van der Waals surface area contributed by atoms with Gasteiger partial charge in [0.15, 0.2) is 5.96 Å². The Labute approximate surface area is 168 Å². The third-order valence-electron chi connectivity index (χ3n) is 5.05. The fourth-order valence-electron chi connectivity index (χ4n) is 3.39. The van der Waals surface area contributed by atoms with Crippen molar-refractivity contribution >= 4 is 17.8 Å². The Kier molecular flexibility index (Phi) is 8.78. The van der Waals surface area contributed by atoms with E-state index >= 15 is 0 Å². The molecule has 2 rings (SSSR count). The minimum absolute atomic E-state index is 0.0359. The van der Waals surface area contributed by atoms with E-state index in [0.29, 0.717) is 31.0 Å². The van der Waals surface area contributed by atoms with E-state index in [4.69, 9.17) is 0 Å². The van der Waals surface area contributed by atoms with Crippen molar-refractivity contribution in [1.29, 1.82) is 0 Å². The number of hydrogen-bond acceptors (Lipinski definition) is 3. The predicted octanol–water partition coefficient (Wildman–Crippen LogP) is 1.75. The standard InChI is InChI=1S/C21H33N5O2/c1-4-10-24-20(28)18-7-5-6-17(13-18)15-25-21(23-3)26-11-8-16(9-12-26)14-19(27)22-2/h5-7,13,16H,4,8-12,14-15H2,1-3H3,(H,22,27)(H,23,25)(H,24,28). The molecule has 0 aliphatic carbocycles. The number of amides is 2. The lowest BCUT2D eigenvalue weighted by Gasteiger charge is -2.34. The first-order chi connectivity index (χ1) is 13.6. The van der Waals surface area contributed by atoms with Gasteiger partial charge in [-0.3, -0.25) is 14.6 Å². The number of carbonyl (C=O) groups is 2. The Morgan fingerprint density at radius 1 is 1.21 bits per heavy atom.